The van der Waals surface area contributed by atoms with Crippen LogP contribution in [0.4, 0.5) is 11.4 Å². The van der Waals surface area contributed by atoms with Crippen molar-refractivity contribution in [3.8, 4) is 0 Å². The Morgan fingerprint density at radius 1 is 1.12 bits per heavy atom. The normalized spacial score (nSPS) is 24.6. The minimum Gasteiger partial charge on any atom is -0.397 e. The maximum atomic E-state index is 6.11. The Labute approximate surface area is 101 Å². The van der Waals surface area contributed by atoms with Crippen LogP contribution in [0.5, 0.6) is 0 Å². The number of para-hydroxylation sites is 2. The highest BCUT2D eigenvalue weighted by Crippen LogP contribution is 2.39. The van der Waals surface area contributed by atoms with E-state index in [4.69, 9.17) is 5.73 Å². The summed E-state index contributed by atoms with van der Waals surface area (Å²) in [5.74, 6) is 2.57. The molecule has 1 saturated carbocycles. The van der Waals surface area contributed by atoms with Crippen molar-refractivity contribution < 1.29 is 0 Å². The van der Waals surface area contributed by atoms with Gasteiger partial charge in [-0.1, -0.05) is 12.1 Å². The summed E-state index contributed by atoms with van der Waals surface area (Å²) in [4.78, 5) is 2.59. The monoisotopic (exact) mass is 234 g/mol. The molecule has 1 aromatic carbocycles. The number of rotatable bonds is 3. The van der Waals surface area contributed by atoms with Gasteiger partial charge >= 0.3 is 0 Å². The molecule has 3 heteroatoms. The summed E-state index contributed by atoms with van der Waals surface area (Å²) in [6, 6.07) is 9.79. The maximum Gasteiger partial charge on any atom is 0.0605 e. The minimum absolute atomic E-state index is 0.710. The molecule has 0 aromatic heterocycles. The summed E-state index contributed by atoms with van der Waals surface area (Å²) in [6.07, 6.45) is 4.00. The van der Waals surface area contributed by atoms with E-state index in [1.807, 2.05) is 12.1 Å². The quantitative estimate of drug-likeness (QED) is 0.815. The molecule has 0 radical (unpaired) electrons. The highest BCUT2D eigenvalue weighted by atomic mass is 32.2. The first-order valence-corrected chi connectivity index (χ1v) is 7.22. The molecule has 0 amide bonds. The highest BCUT2D eigenvalue weighted by molar-refractivity contribution is 7.99. The van der Waals surface area contributed by atoms with Gasteiger partial charge < -0.3 is 10.6 Å². The van der Waals surface area contributed by atoms with Gasteiger partial charge in [0.05, 0.1) is 11.4 Å². The van der Waals surface area contributed by atoms with Crippen molar-refractivity contribution in [2.75, 3.05) is 22.1 Å². The molecule has 86 valence electrons. The molecule has 2 aliphatic rings. The summed E-state index contributed by atoms with van der Waals surface area (Å²) in [5, 5.41) is 0. The third-order valence-corrected chi connectivity index (χ3v) is 4.60. The van der Waals surface area contributed by atoms with E-state index in [0.29, 0.717) is 6.04 Å². The number of hydrogen-bond donors (Lipinski definition) is 1. The van der Waals surface area contributed by atoms with E-state index >= 15 is 0 Å². The van der Waals surface area contributed by atoms with Gasteiger partial charge in [0.25, 0.3) is 0 Å². The van der Waals surface area contributed by atoms with Crippen molar-refractivity contribution in [3.63, 3.8) is 0 Å². The fourth-order valence-corrected chi connectivity index (χ4v) is 3.71. The molecule has 1 aromatic rings. The number of hydrogen-bond acceptors (Lipinski definition) is 3. The largest absolute Gasteiger partial charge is 0.397 e. The molecule has 1 saturated heterocycles. The smallest absolute Gasteiger partial charge is 0.0605 e. The second-order valence-electron chi connectivity index (χ2n) is 4.71. The molecule has 2 nitrogen and oxygen atoms in total. The van der Waals surface area contributed by atoms with Crippen LogP contribution in [0.3, 0.4) is 0 Å². The Morgan fingerprint density at radius 2 is 1.94 bits per heavy atom. The molecule has 1 atom stereocenters. The van der Waals surface area contributed by atoms with Crippen LogP contribution in [0.1, 0.15) is 19.3 Å². The fraction of sp³-hybridized carbons (Fsp3) is 0.538. The van der Waals surface area contributed by atoms with Gasteiger partial charge in [0, 0.05) is 17.8 Å². The standard InChI is InChI=1S/C13H18N2S/c14-12-3-1-2-4-13(12)15(10-5-6-10)11-7-8-16-9-11/h1-4,10-11H,5-9,14H2/t11-/m1/s1. The summed E-state index contributed by atoms with van der Waals surface area (Å²) < 4.78 is 0. The molecule has 0 spiro atoms. The third-order valence-electron chi connectivity index (χ3n) is 3.45. The van der Waals surface area contributed by atoms with Crippen molar-refractivity contribution in [3.05, 3.63) is 24.3 Å². The lowest BCUT2D eigenvalue weighted by Gasteiger charge is -2.31. The third kappa shape index (κ3) is 1.88. The van der Waals surface area contributed by atoms with E-state index in [2.05, 4.69) is 28.8 Å². The molecule has 1 aliphatic carbocycles. The topological polar surface area (TPSA) is 29.3 Å². The average molecular weight is 234 g/mol. The lowest BCUT2D eigenvalue weighted by Crippen LogP contribution is -2.37. The van der Waals surface area contributed by atoms with Gasteiger partial charge in [-0.3, -0.25) is 0 Å². The second-order valence-corrected chi connectivity index (χ2v) is 5.86. The fourth-order valence-electron chi connectivity index (χ4n) is 2.51. The average Bonchev–Trinajstić information content (AvgIpc) is 2.97. The van der Waals surface area contributed by atoms with Crippen LogP contribution in [0.2, 0.25) is 0 Å². The first-order valence-electron chi connectivity index (χ1n) is 6.07. The zero-order valence-corrected chi connectivity index (χ0v) is 10.2. The predicted octanol–water partition coefficient (Wildman–Crippen LogP) is 2.74. The van der Waals surface area contributed by atoms with Gasteiger partial charge in [-0.15, -0.1) is 0 Å². The van der Waals surface area contributed by atoms with Crippen LogP contribution < -0.4 is 10.6 Å². The van der Waals surface area contributed by atoms with E-state index in [1.165, 1.54) is 36.5 Å². The molecule has 1 aliphatic heterocycles. The van der Waals surface area contributed by atoms with Crippen LogP contribution >= 0.6 is 11.8 Å². The van der Waals surface area contributed by atoms with Crippen molar-refractivity contribution >= 4 is 23.1 Å². The lowest BCUT2D eigenvalue weighted by molar-refractivity contribution is 0.641. The number of nitrogens with two attached hydrogens (primary N) is 1. The SMILES string of the molecule is Nc1ccccc1N(C1CC1)[C@@H]1CCSC1. The summed E-state index contributed by atoms with van der Waals surface area (Å²) in [6.45, 7) is 0. The zero-order chi connectivity index (χ0) is 11.0. The van der Waals surface area contributed by atoms with Crippen molar-refractivity contribution in [2.24, 2.45) is 0 Å². The second kappa shape index (κ2) is 4.21. The van der Waals surface area contributed by atoms with Gasteiger partial charge in [-0.05, 0) is 37.1 Å². The summed E-state index contributed by atoms with van der Waals surface area (Å²) in [7, 11) is 0. The van der Waals surface area contributed by atoms with Crippen LogP contribution in [0, 0.1) is 0 Å². The van der Waals surface area contributed by atoms with Gasteiger partial charge in [0.2, 0.25) is 0 Å². The van der Waals surface area contributed by atoms with Gasteiger partial charge in [-0.25, -0.2) is 0 Å². The zero-order valence-electron chi connectivity index (χ0n) is 9.43. The first-order chi connectivity index (χ1) is 7.86. The Morgan fingerprint density at radius 3 is 2.56 bits per heavy atom. The molecule has 2 fully saturated rings. The predicted molar refractivity (Wildman–Crippen MR) is 72.1 cm³/mol. The van der Waals surface area contributed by atoms with E-state index in [-0.39, 0.29) is 0 Å². The number of nitrogen functional groups attached to an aromatic ring is 1. The van der Waals surface area contributed by atoms with E-state index in [1.54, 1.807) is 0 Å². The Bertz CT molecular complexity index is 370. The summed E-state index contributed by atoms with van der Waals surface area (Å²) in [5.41, 5.74) is 8.30. The number of thioether (sulfide) groups is 1. The van der Waals surface area contributed by atoms with Gasteiger partial charge in [0.1, 0.15) is 0 Å². The molecule has 0 bridgehead atoms. The Hall–Kier alpha value is -0.830. The molecular weight excluding hydrogens is 216 g/mol. The summed E-state index contributed by atoms with van der Waals surface area (Å²) >= 11 is 2.07. The molecule has 0 unspecified atom stereocenters. The van der Waals surface area contributed by atoms with Crippen molar-refractivity contribution in [1.82, 2.24) is 0 Å². The van der Waals surface area contributed by atoms with Gasteiger partial charge in [-0.2, -0.15) is 11.8 Å². The lowest BCUT2D eigenvalue weighted by atomic mass is 10.1. The Balaban J connectivity index is 1.90. The molecule has 16 heavy (non-hydrogen) atoms. The molecule has 1 heterocycles. The number of benzene rings is 1. The van der Waals surface area contributed by atoms with Gasteiger partial charge in [0.15, 0.2) is 0 Å². The van der Waals surface area contributed by atoms with Crippen LogP contribution in [0.25, 0.3) is 0 Å². The van der Waals surface area contributed by atoms with Crippen molar-refractivity contribution in [1.29, 1.82) is 0 Å². The van der Waals surface area contributed by atoms with Crippen molar-refractivity contribution in [2.45, 2.75) is 31.3 Å². The maximum absolute atomic E-state index is 6.11. The van der Waals surface area contributed by atoms with E-state index in [9.17, 15) is 0 Å². The van der Waals surface area contributed by atoms with Crippen LogP contribution in [0.15, 0.2) is 24.3 Å². The Kier molecular flexibility index (Phi) is 2.72. The molecule has 3 rings (SSSR count). The number of nitrogens with zero attached hydrogens (tertiary/aromatic N) is 1. The minimum atomic E-state index is 0.710. The molecular formula is C13H18N2S. The molecule has 2 N–H and O–H groups in total. The van der Waals surface area contributed by atoms with Crippen LogP contribution in [-0.2, 0) is 0 Å². The highest BCUT2D eigenvalue weighted by Gasteiger charge is 2.36. The number of anilines is 2. The van der Waals surface area contributed by atoms with E-state index < -0.39 is 0 Å². The van der Waals surface area contributed by atoms with Crippen LogP contribution in [-0.4, -0.2) is 23.6 Å². The first kappa shape index (κ1) is 10.3. The van der Waals surface area contributed by atoms with E-state index in [0.717, 1.165) is 11.7 Å².